The monoisotopic (exact) mass is 234 g/mol. The maximum Gasteiger partial charge on any atom is 0.0717 e. The van der Waals surface area contributed by atoms with Crippen molar-refractivity contribution in [2.45, 2.75) is 38.9 Å². The van der Waals surface area contributed by atoms with Crippen molar-refractivity contribution in [1.82, 2.24) is 0 Å². The number of aliphatic hydroxyl groups excluding tert-OH is 1. The Morgan fingerprint density at radius 2 is 2.06 bits per heavy atom. The van der Waals surface area contributed by atoms with E-state index in [1.165, 1.54) is 5.56 Å². The fourth-order valence-corrected chi connectivity index (χ4v) is 2.69. The van der Waals surface area contributed by atoms with E-state index in [4.69, 9.17) is 4.74 Å². The van der Waals surface area contributed by atoms with Gasteiger partial charge in [-0.2, -0.15) is 0 Å². The second-order valence-corrected chi connectivity index (χ2v) is 5.14. The van der Waals surface area contributed by atoms with E-state index in [0.29, 0.717) is 18.4 Å². The van der Waals surface area contributed by atoms with E-state index in [1.54, 1.807) is 0 Å². The van der Waals surface area contributed by atoms with Crippen LogP contribution in [0.5, 0.6) is 0 Å². The average molecular weight is 234 g/mol. The Hall–Kier alpha value is -0.860. The molecule has 0 bridgehead atoms. The fourth-order valence-electron chi connectivity index (χ4n) is 2.69. The van der Waals surface area contributed by atoms with Crippen LogP contribution in [0.15, 0.2) is 30.3 Å². The van der Waals surface area contributed by atoms with E-state index in [9.17, 15) is 5.11 Å². The van der Waals surface area contributed by atoms with Crippen LogP contribution < -0.4 is 0 Å². The lowest BCUT2D eigenvalue weighted by molar-refractivity contribution is 0.0358. The van der Waals surface area contributed by atoms with Crippen LogP contribution in [0.1, 0.15) is 31.7 Å². The van der Waals surface area contributed by atoms with Crippen LogP contribution >= 0.6 is 0 Å². The number of hydrogen-bond donors (Lipinski definition) is 1. The highest BCUT2D eigenvalue weighted by atomic mass is 16.5. The van der Waals surface area contributed by atoms with Gasteiger partial charge >= 0.3 is 0 Å². The summed E-state index contributed by atoms with van der Waals surface area (Å²) in [6, 6.07) is 10.2. The molecule has 0 aliphatic heterocycles. The molecule has 0 aromatic heterocycles. The summed E-state index contributed by atoms with van der Waals surface area (Å²) in [5, 5.41) is 9.82. The van der Waals surface area contributed by atoms with Gasteiger partial charge in [-0.3, -0.25) is 0 Å². The molecular weight excluding hydrogens is 212 g/mol. The molecule has 2 heteroatoms. The first-order valence-electron chi connectivity index (χ1n) is 6.57. The first kappa shape index (κ1) is 12.6. The normalized spacial score (nSPS) is 26.0. The molecule has 0 saturated heterocycles. The topological polar surface area (TPSA) is 29.5 Å². The molecule has 1 aromatic rings. The summed E-state index contributed by atoms with van der Waals surface area (Å²) in [6.07, 6.45) is 3.17. The molecule has 1 aliphatic rings. The largest absolute Gasteiger partial charge is 0.393 e. The molecule has 0 amide bonds. The van der Waals surface area contributed by atoms with Crippen molar-refractivity contribution < 1.29 is 9.84 Å². The SMILES string of the molecule is C[C@@H](COCc1ccccc1)[C@H]1CCC[C@H]1O. The zero-order valence-electron chi connectivity index (χ0n) is 10.5. The molecule has 2 rings (SSSR count). The number of hydrogen-bond acceptors (Lipinski definition) is 2. The van der Waals surface area contributed by atoms with Gasteiger partial charge in [0.15, 0.2) is 0 Å². The molecule has 1 N–H and O–H groups in total. The van der Waals surface area contributed by atoms with E-state index < -0.39 is 0 Å². The van der Waals surface area contributed by atoms with Gasteiger partial charge < -0.3 is 9.84 Å². The molecule has 0 heterocycles. The minimum atomic E-state index is -0.106. The quantitative estimate of drug-likeness (QED) is 0.848. The molecule has 1 fully saturated rings. The molecule has 0 spiro atoms. The third kappa shape index (κ3) is 3.55. The highest BCUT2D eigenvalue weighted by Crippen LogP contribution is 2.31. The second-order valence-electron chi connectivity index (χ2n) is 5.14. The average Bonchev–Trinajstić information content (AvgIpc) is 2.77. The first-order valence-corrected chi connectivity index (χ1v) is 6.57. The number of ether oxygens (including phenoxy) is 1. The van der Waals surface area contributed by atoms with Crippen molar-refractivity contribution >= 4 is 0 Å². The summed E-state index contributed by atoms with van der Waals surface area (Å²) < 4.78 is 5.73. The van der Waals surface area contributed by atoms with Gasteiger partial charge in [0.2, 0.25) is 0 Å². The highest BCUT2D eigenvalue weighted by Gasteiger charge is 2.29. The Labute approximate surface area is 104 Å². The van der Waals surface area contributed by atoms with Gasteiger partial charge in [-0.05, 0) is 30.2 Å². The van der Waals surface area contributed by atoms with Gasteiger partial charge in [-0.25, -0.2) is 0 Å². The molecule has 1 saturated carbocycles. The van der Waals surface area contributed by atoms with E-state index in [0.717, 1.165) is 25.9 Å². The van der Waals surface area contributed by atoms with Crippen molar-refractivity contribution in [2.75, 3.05) is 6.61 Å². The van der Waals surface area contributed by atoms with Crippen LogP contribution in [0.3, 0.4) is 0 Å². The standard InChI is InChI=1S/C15H22O2/c1-12(14-8-5-9-15(14)16)10-17-11-13-6-3-2-4-7-13/h2-4,6-7,12,14-16H,5,8-11H2,1H3/t12-,14+,15+/m0/s1. The summed E-state index contributed by atoms with van der Waals surface area (Å²) >= 11 is 0. The molecule has 0 radical (unpaired) electrons. The van der Waals surface area contributed by atoms with Crippen LogP contribution in [-0.2, 0) is 11.3 Å². The van der Waals surface area contributed by atoms with Gasteiger partial charge in [0.25, 0.3) is 0 Å². The summed E-state index contributed by atoms with van der Waals surface area (Å²) in [6.45, 7) is 3.61. The van der Waals surface area contributed by atoms with Crippen LogP contribution in [0.25, 0.3) is 0 Å². The Balaban J connectivity index is 1.71. The van der Waals surface area contributed by atoms with Gasteiger partial charge in [0.05, 0.1) is 12.7 Å². The predicted octanol–water partition coefficient (Wildman–Crippen LogP) is 3.00. The third-order valence-electron chi connectivity index (χ3n) is 3.75. The van der Waals surface area contributed by atoms with Crippen molar-refractivity contribution in [1.29, 1.82) is 0 Å². The van der Waals surface area contributed by atoms with Gasteiger partial charge in [0, 0.05) is 6.61 Å². The van der Waals surface area contributed by atoms with E-state index in [1.807, 2.05) is 18.2 Å². The fraction of sp³-hybridized carbons (Fsp3) is 0.600. The van der Waals surface area contributed by atoms with Gasteiger partial charge in [-0.1, -0.05) is 43.7 Å². The van der Waals surface area contributed by atoms with Crippen LogP contribution in [0.2, 0.25) is 0 Å². The van der Waals surface area contributed by atoms with Gasteiger partial charge in [0.1, 0.15) is 0 Å². The maximum absolute atomic E-state index is 9.82. The van der Waals surface area contributed by atoms with Crippen molar-refractivity contribution in [3.05, 3.63) is 35.9 Å². The van der Waals surface area contributed by atoms with Crippen LogP contribution in [-0.4, -0.2) is 17.8 Å². The van der Waals surface area contributed by atoms with E-state index in [-0.39, 0.29) is 6.10 Å². The van der Waals surface area contributed by atoms with Crippen molar-refractivity contribution in [3.8, 4) is 0 Å². The smallest absolute Gasteiger partial charge is 0.0717 e. The summed E-state index contributed by atoms with van der Waals surface area (Å²) in [5.74, 6) is 0.891. The zero-order chi connectivity index (χ0) is 12.1. The minimum Gasteiger partial charge on any atom is -0.393 e. The third-order valence-corrected chi connectivity index (χ3v) is 3.75. The zero-order valence-corrected chi connectivity index (χ0v) is 10.5. The number of aliphatic hydroxyl groups is 1. The van der Waals surface area contributed by atoms with Crippen LogP contribution in [0, 0.1) is 11.8 Å². The van der Waals surface area contributed by atoms with Crippen molar-refractivity contribution in [2.24, 2.45) is 11.8 Å². The van der Waals surface area contributed by atoms with E-state index in [2.05, 4.69) is 19.1 Å². The lowest BCUT2D eigenvalue weighted by atomic mass is 9.91. The van der Waals surface area contributed by atoms with Crippen molar-refractivity contribution in [3.63, 3.8) is 0 Å². The number of rotatable bonds is 5. The molecule has 1 aromatic carbocycles. The summed E-state index contributed by atoms with van der Waals surface area (Å²) in [7, 11) is 0. The molecule has 3 atom stereocenters. The van der Waals surface area contributed by atoms with Gasteiger partial charge in [-0.15, -0.1) is 0 Å². The lowest BCUT2D eigenvalue weighted by Gasteiger charge is -2.22. The maximum atomic E-state index is 9.82. The predicted molar refractivity (Wildman–Crippen MR) is 68.6 cm³/mol. The molecule has 1 aliphatic carbocycles. The molecule has 0 unspecified atom stereocenters. The molecule has 94 valence electrons. The molecular formula is C15H22O2. The Morgan fingerprint density at radius 3 is 2.71 bits per heavy atom. The summed E-state index contributed by atoms with van der Waals surface area (Å²) in [4.78, 5) is 0. The Kier molecular flexibility index (Phi) is 4.57. The first-order chi connectivity index (χ1) is 8.27. The minimum absolute atomic E-state index is 0.106. The Bertz CT molecular complexity index is 323. The van der Waals surface area contributed by atoms with E-state index >= 15 is 0 Å². The molecule has 17 heavy (non-hydrogen) atoms. The number of benzene rings is 1. The Morgan fingerprint density at radius 1 is 1.29 bits per heavy atom. The lowest BCUT2D eigenvalue weighted by Crippen LogP contribution is -2.24. The highest BCUT2D eigenvalue weighted by molar-refractivity contribution is 5.13. The summed E-state index contributed by atoms with van der Waals surface area (Å²) in [5.41, 5.74) is 1.21. The second kappa shape index (κ2) is 6.18. The molecule has 2 nitrogen and oxygen atoms in total. The van der Waals surface area contributed by atoms with Crippen LogP contribution in [0.4, 0.5) is 0 Å².